The van der Waals surface area contributed by atoms with E-state index in [4.69, 9.17) is 5.11 Å². The van der Waals surface area contributed by atoms with Crippen molar-refractivity contribution >= 4 is 17.7 Å². The highest BCUT2D eigenvalue weighted by molar-refractivity contribution is 5.92. The minimum atomic E-state index is -1.20. The highest BCUT2D eigenvalue weighted by atomic mass is 19.2. The predicted octanol–water partition coefficient (Wildman–Crippen LogP) is 1.95. The summed E-state index contributed by atoms with van der Waals surface area (Å²) in [7, 11) is 0. The van der Waals surface area contributed by atoms with E-state index in [1.54, 1.807) is 6.92 Å². The summed E-state index contributed by atoms with van der Waals surface area (Å²) in [5.74, 6) is -3.50. The number of carboxylic acids is 1. The third-order valence-corrected chi connectivity index (χ3v) is 2.21. The summed E-state index contributed by atoms with van der Waals surface area (Å²) in [4.78, 5) is 22.0. The molecule has 2 amide bonds. The summed E-state index contributed by atoms with van der Waals surface area (Å²) in [6, 6.07) is 1.31. The molecule has 0 saturated heterocycles. The van der Waals surface area contributed by atoms with Gasteiger partial charge < -0.3 is 15.7 Å². The Bertz CT molecular complexity index is 466. The summed E-state index contributed by atoms with van der Waals surface area (Å²) in [5, 5.41) is 12.9. The van der Waals surface area contributed by atoms with Crippen LogP contribution in [0.3, 0.4) is 0 Å². The molecule has 0 aliphatic rings. The van der Waals surface area contributed by atoms with E-state index >= 15 is 0 Å². The Kier molecular flexibility index (Phi) is 4.59. The number of carbonyl (C=O) groups is 2. The minimum Gasteiger partial charge on any atom is -0.480 e. The van der Waals surface area contributed by atoms with E-state index in [-0.39, 0.29) is 12.1 Å². The van der Waals surface area contributed by atoms with Crippen LogP contribution in [-0.4, -0.2) is 23.1 Å². The molecule has 0 saturated carbocycles. The molecule has 1 rings (SSSR count). The van der Waals surface area contributed by atoms with Crippen LogP contribution in [0.1, 0.15) is 13.3 Å². The van der Waals surface area contributed by atoms with Gasteiger partial charge in [0, 0.05) is 0 Å². The number of hydrogen-bond donors (Lipinski definition) is 3. The van der Waals surface area contributed by atoms with Crippen LogP contribution in [0.25, 0.3) is 0 Å². The molecule has 0 heterocycles. The Balaban J connectivity index is 2.70. The van der Waals surface area contributed by atoms with Crippen LogP contribution >= 0.6 is 0 Å². The zero-order valence-electron chi connectivity index (χ0n) is 9.54. The Labute approximate surface area is 102 Å². The number of halogens is 2. The lowest BCUT2D eigenvalue weighted by Crippen LogP contribution is -2.42. The maximum Gasteiger partial charge on any atom is 0.326 e. The number of carbonyl (C=O) groups excluding carboxylic acids is 1. The zero-order chi connectivity index (χ0) is 13.7. The second-order valence-electron chi connectivity index (χ2n) is 3.50. The van der Waals surface area contributed by atoms with Crippen molar-refractivity contribution in [2.24, 2.45) is 0 Å². The first-order chi connectivity index (χ1) is 8.45. The number of rotatable bonds is 4. The molecule has 18 heavy (non-hydrogen) atoms. The first-order valence-corrected chi connectivity index (χ1v) is 5.20. The molecule has 0 radical (unpaired) electrons. The van der Waals surface area contributed by atoms with Crippen molar-refractivity contribution in [3.05, 3.63) is 29.8 Å². The third-order valence-electron chi connectivity index (χ3n) is 2.21. The number of amides is 2. The van der Waals surface area contributed by atoms with Crippen molar-refractivity contribution in [1.82, 2.24) is 5.32 Å². The maximum absolute atomic E-state index is 13.2. The second kappa shape index (κ2) is 5.95. The molecule has 0 fully saturated rings. The van der Waals surface area contributed by atoms with Gasteiger partial charge in [0.15, 0.2) is 11.6 Å². The number of anilines is 1. The Hall–Kier alpha value is -2.18. The van der Waals surface area contributed by atoms with Gasteiger partial charge in [-0.15, -0.1) is 0 Å². The van der Waals surface area contributed by atoms with E-state index in [2.05, 4.69) is 5.32 Å². The normalized spacial score (nSPS) is 11.7. The molecule has 3 N–H and O–H groups in total. The SMILES string of the molecule is CC[C@@H](NC(=O)Nc1cccc(F)c1F)C(=O)O. The summed E-state index contributed by atoms with van der Waals surface area (Å²) < 4.78 is 26.1. The van der Waals surface area contributed by atoms with Crippen molar-refractivity contribution in [3.63, 3.8) is 0 Å². The lowest BCUT2D eigenvalue weighted by Gasteiger charge is -2.13. The van der Waals surface area contributed by atoms with E-state index < -0.39 is 29.7 Å². The van der Waals surface area contributed by atoms with Crippen LogP contribution in [0.2, 0.25) is 0 Å². The van der Waals surface area contributed by atoms with E-state index in [0.29, 0.717) is 0 Å². The molecule has 7 heteroatoms. The minimum absolute atomic E-state index is 0.175. The number of benzene rings is 1. The molecule has 0 unspecified atom stereocenters. The molecule has 1 atom stereocenters. The van der Waals surface area contributed by atoms with Gasteiger partial charge in [0.1, 0.15) is 6.04 Å². The van der Waals surface area contributed by atoms with Crippen LogP contribution < -0.4 is 10.6 Å². The lowest BCUT2D eigenvalue weighted by atomic mass is 10.2. The predicted molar refractivity (Wildman–Crippen MR) is 60.2 cm³/mol. The van der Waals surface area contributed by atoms with Crippen molar-refractivity contribution < 1.29 is 23.5 Å². The fourth-order valence-electron chi connectivity index (χ4n) is 1.26. The maximum atomic E-state index is 13.2. The summed E-state index contributed by atoms with van der Waals surface area (Å²) in [5.41, 5.74) is -0.354. The summed E-state index contributed by atoms with van der Waals surface area (Å²) >= 11 is 0. The Morgan fingerprint density at radius 1 is 1.39 bits per heavy atom. The molecule has 0 aliphatic heterocycles. The monoisotopic (exact) mass is 258 g/mol. The van der Waals surface area contributed by atoms with Crippen molar-refractivity contribution in [3.8, 4) is 0 Å². The Morgan fingerprint density at radius 3 is 2.61 bits per heavy atom. The highest BCUT2D eigenvalue weighted by Gasteiger charge is 2.18. The third kappa shape index (κ3) is 3.41. The van der Waals surface area contributed by atoms with Crippen LogP contribution in [-0.2, 0) is 4.79 Å². The summed E-state index contributed by atoms with van der Waals surface area (Å²) in [6.45, 7) is 1.57. The first-order valence-electron chi connectivity index (χ1n) is 5.20. The molecule has 1 aromatic rings. The molecule has 0 aromatic heterocycles. The molecule has 0 bridgehead atoms. The number of urea groups is 1. The summed E-state index contributed by atoms with van der Waals surface area (Å²) in [6.07, 6.45) is 0.175. The van der Waals surface area contributed by atoms with Crippen LogP contribution in [0.5, 0.6) is 0 Å². The van der Waals surface area contributed by atoms with Crippen LogP contribution in [0.4, 0.5) is 19.3 Å². The van der Waals surface area contributed by atoms with Crippen molar-refractivity contribution in [2.45, 2.75) is 19.4 Å². The molecule has 0 spiro atoms. The van der Waals surface area contributed by atoms with E-state index in [1.807, 2.05) is 5.32 Å². The van der Waals surface area contributed by atoms with Crippen LogP contribution in [0.15, 0.2) is 18.2 Å². The van der Waals surface area contributed by atoms with Crippen molar-refractivity contribution in [1.29, 1.82) is 0 Å². The second-order valence-corrected chi connectivity index (χ2v) is 3.50. The lowest BCUT2D eigenvalue weighted by molar-refractivity contribution is -0.139. The molecule has 1 aromatic carbocycles. The van der Waals surface area contributed by atoms with Gasteiger partial charge in [-0.25, -0.2) is 18.4 Å². The molecular weight excluding hydrogens is 246 g/mol. The van der Waals surface area contributed by atoms with E-state index in [1.165, 1.54) is 12.1 Å². The fourth-order valence-corrected chi connectivity index (χ4v) is 1.26. The van der Waals surface area contributed by atoms with Gasteiger partial charge in [-0.3, -0.25) is 0 Å². The molecular formula is C11H12F2N2O3. The van der Waals surface area contributed by atoms with Gasteiger partial charge in [0.2, 0.25) is 0 Å². The van der Waals surface area contributed by atoms with Gasteiger partial charge in [0.25, 0.3) is 0 Å². The van der Waals surface area contributed by atoms with Gasteiger partial charge >= 0.3 is 12.0 Å². The zero-order valence-corrected chi connectivity index (χ0v) is 9.54. The number of nitrogens with one attached hydrogen (secondary N) is 2. The van der Waals surface area contributed by atoms with Gasteiger partial charge in [-0.05, 0) is 18.6 Å². The fraction of sp³-hybridized carbons (Fsp3) is 0.273. The van der Waals surface area contributed by atoms with E-state index in [9.17, 15) is 18.4 Å². The number of carboxylic acid groups (broad SMARTS) is 1. The van der Waals surface area contributed by atoms with Gasteiger partial charge in [-0.2, -0.15) is 0 Å². The first kappa shape index (κ1) is 13.9. The smallest absolute Gasteiger partial charge is 0.326 e. The van der Waals surface area contributed by atoms with Crippen molar-refractivity contribution in [2.75, 3.05) is 5.32 Å². The number of hydrogen-bond acceptors (Lipinski definition) is 2. The average molecular weight is 258 g/mol. The largest absolute Gasteiger partial charge is 0.480 e. The van der Waals surface area contributed by atoms with Gasteiger partial charge in [0.05, 0.1) is 5.69 Å². The molecule has 5 nitrogen and oxygen atoms in total. The standard InChI is InChI=1S/C11H12F2N2O3/c1-2-7(10(16)17)14-11(18)15-8-5-3-4-6(12)9(8)13/h3-5,7H,2H2,1H3,(H,16,17)(H2,14,15,18)/t7-/m1/s1. The Morgan fingerprint density at radius 2 is 2.06 bits per heavy atom. The highest BCUT2D eigenvalue weighted by Crippen LogP contribution is 2.16. The topological polar surface area (TPSA) is 78.4 Å². The van der Waals surface area contributed by atoms with Gasteiger partial charge in [-0.1, -0.05) is 13.0 Å². The number of aliphatic carboxylic acids is 1. The van der Waals surface area contributed by atoms with Crippen LogP contribution in [0, 0.1) is 11.6 Å². The molecule has 0 aliphatic carbocycles. The molecule has 98 valence electrons. The van der Waals surface area contributed by atoms with E-state index in [0.717, 1.165) is 6.07 Å². The average Bonchev–Trinajstić information content (AvgIpc) is 2.31. The quantitative estimate of drug-likeness (QED) is 0.772.